The number of ether oxygens (including phenoxy) is 1. The second kappa shape index (κ2) is 6.93. The fourth-order valence-corrected chi connectivity index (χ4v) is 3.33. The summed E-state index contributed by atoms with van der Waals surface area (Å²) >= 11 is 1.33. The Morgan fingerprint density at radius 1 is 0.962 bits per heavy atom. The Kier molecular flexibility index (Phi) is 4.33. The molecule has 26 heavy (non-hydrogen) atoms. The molecule has 128 valence electrons. The number of hydrogen-bond acceptors (Lipinski definition) is 4. The molecule has 0 unspecified atom stereocenters. The van der Waals surface area contributed by atoms with E-state index in [1.165, 1.54) is 29.5 Å². The smallest absolute Gasteiger partial charge is 0.257 e. The van der Waals surface area contributed by atoms with Crippen LogP contribution in [-0.4, -0.2) is 10.9 Å². The van der Waals surface area contributed by atoms with Gasteiger partial charge in [0.15, 0.2) is 5.13 Å². The van der Waals surface area contributed by atoms with Crippen molar-refractivity contribution in [1.29, 1.82) is 0 Å². The molecule has 4 rings (SSSR count). The molecule has 0 atom stereocenters. The number of halogens is 1. The zero-order valence-electron chi connectivity index (χ0n) is 13.5. The monoisotopic (exact) mass is 364 g/mol. The van der Waals surface area contributed by atoms with Crippen LogP contribution in [0.5, 0.6) is 11.5 Å². The molecule has 4 nitrogen and oxygen atoms in total. The van der Waals surface area contributed by atoms with Gasteiger partial charge in [-0.3, -0.25) is 10.1 Å². The van der Waals surface area contributed by atoms with Gasteiger partial charge in [0.2, 0.25) is 0 Å². The predicted molar refractivity (Wildman–Crippen MR) is 100 cm³/mol. The van der Waals surface area contributed by atoms with Gasteiger partial charge >= 0.3 is 0 Å². The van der Waals surface area contributed by atoms with Crippen molar-refractivity contribution in [2.24, 2.45) is 0 Å². The van der Waals surface area contributed by atoms with Crippen LogP contribution in [0.25, 0.3) is 10.2 Å². The molecule has 3 aromatic carbocycles. The Balaban J connectivity index is 1.55. The van der Waals surface area contributed by atoms with E-state index in [0.29, 0.717) is 10.9 Å². The summed E-state index contributed by atoms with van der Waals surface area (Å²) in [5, 5.41) is 3.16. The highest BCUT2D eigenvalue weighted by Gasteiger charge is 2.11. The molecule has 0 radical (unpaired) electrons. The molecular formula is C20H13FN2O2S. The van der Waals surface area contributed by atoms with Gasteiger partial charge in [0.1, 0.15) is 17.3 Å². The number of hydrogen-bond donors (Lipinski definition) is 1. The van der Waals surface area contributed by atoms with Crippen molar-refractivity contribution in [2.45, 2.75) is 0 Å². The minimum absolute atomic E-state index is 0.248. The SMILES string of the molecule is O=C(Nc1nc2ccc(Oc3ccccc3)cc2s1)c1cccc(F)c1. The molecule has 0 spiro atoms. The van der Waals surface area contributed by atoms with E-state index in [-0.39, 0.29) is 5.56 Å². The van der Waals surface area contributed by atoms with Crippen molar-refractivity contribution in [3.8, 4) is 11.5 Å². The Bertz CT molecular complexity index is 1080. The van der Waals surface area contributed by atoms with Crippen LogP contribution in [0.3, 0.4) is 0 Å². The number of carbonyl (C=O) groups is 1. The molecule has 0 bridgehead atoms. The first kappa shape index (κ1) is 16.2. The van der Waals surface area contributed by atoms with Crippen molar-refractivity contribution >= 4 is 32.6 Å². The number of amides is 1. The first-order chi connectivity index (χ1) is 12.7. The van der Waals surface area contributed by atoms with Gasteiger partial charge in [0, 0.05) is 11.6 Å². The highest BCUT2D eigenvalue weighted by atomic mass is 32.1. The maximum Gasteiger partial charge on any atom is 0.257 e. The average Bonchev–Trinajstić information content (AvgIpc) is 3.04. The number of benzene rings is 3. The second-order valence-electron chi connectivity index (χ2n) is 5.53. The number of anilines is 1. The number of fused-ring (bicyclic) bond motifs is 1. The van der Waals surface area contributed by atoms with Crippen LogP contribution in [0, 0.1) is 5.82 Å². The molecule has 6 heteroatoms. The summed E-state index contributed by atoms with van der Waals surface area (Å²) in [4.78, 5) is 16.6. The summed E-state index contributed by atoms with van der Waals surface area (Å²) < 4.78 is 19.9. The highest BCUT2D eigenvalue weighted by molar-refractivity contribution is 7.22. The van der Waals surface area contributed by atoms with Crippen LogP contribution >= 0.6 is 11.3 Å². The van der Waals surface area contributed by atoms with Gasteiger partial charge in [-0.05, 0) is 42.5 Å². The lowest BCUT2D eigenvalue weighted by atomic mass is 10.2. The Hall–Kier alpha value is -3.25. The quantitative estimate of drug-likeness (QED) is 0.522. The number of nitrogens with zero attached hydrogens (tertiary/aromatic N) is 1. The summed E-state index contributed by atoms with van der Waals surface area (Å²) in [7, 11) is 0. The molecule has 1 aromatic heterocycles. The largest absolute Gasteiger partial charge is 0.457 e. The van der Waals surface area contributed by atoms with E-state index < -0.39 is 11.7 Å². The molecule has 0 aliphatic rings. The molecule has 0 saturated heterocycles. The Labute approximate surface area is 152 Å². The second-order valence-corrected chi connectivity index (χ2v) is 6.56. The molecule has 0 aliphatic heterocycles. The van der Waals surface area contributed by atoms with Gasteiger partial charge < -0.3 is 4.74 Å². The normalized spacial score (nSPS) is 10.7. The minimum Gasteiger partial charge on any atom is -0.457 e. The molecular weight excluding hydrogens is 351 g/mol. The van der Waals surface area contributed by atoms with E-state index in [1.807, 2.05) is 48.5 Å². The van der Waals surface area contributed by atoms with Crippen LogP contribution in [0.15, 0.2) is 72.8 Å². The van der Waals surface area contributed by atoms with E-state index in [2.05, 4.69) is 10.3 Å². The van der Waals surface area contributed by atoms with E-state index in [4.69, 9.17) is 4.74 Å². The molecule has 4 aromatic rings. The van der Waals surface area contributed by atoms with E-state index in [9.17, 15) is 9.18 Å². The number of para-hydroxylation sites is 1. The van der Waals surface area contributed by atoms with Gasteiger partial charge in [-0.1, -0.05) is 35.6 Å². The first-order valence-electron chi connectivity index (χ1n) is 7.88. The number of thiazole rings is 1. The van der Waals surface area contributed by atoms with Crippen LogP contribution < -0.4 is 10.1 Å². The maximum absolute atomic E-state index is 13.3. The van der Waals surface area contributed by atoms with Crippen LogP contribution in [0.1, 0.15) is 10.4 Å². The minimum atomic E-state index is -0.454. The van der Waals surface area contributed by atoms with Crippen molar-refractivity contribution in [2.75, 3.05) is 5.32 Å². The number of rotatable bonds is 4. The van der Waals surface area contributed by atoms with Crippen LogP contribution in [0.2, 0.25) is 0 Å². The van der Waals surface area contributed by atoms with Gasteiger partial charge in [-0.25, -0.2) is 9.37 Å². The third kappa shape index (κ3) is 3.55. The fourth-order valence-electron chi connectivity index (χ4n) is 2.45. The molecule has 0 aliphatic carbocycles. The average molecular weight is 364 g/mol. The van der Waals surface area contributed by atoms with Gasteiger partial charge in [0.05, 0.1) is 10.2 Å². The topological polar surface area (TPSA) is 51.2 Å². The predicted octanol–water partition coefficient (Wildman–Crippen LogP) is 5.48. The number of nitrogens with one attached hydrogen (secondary N) is 1. The molecule has 0 saturated carbocycles. The lowest BCUT2D eigenvalue weighted by molar-refractivity contribution is 0.102. The first-order valence-corrected chi connectivity index (χ1v) is 8.69. The molecule has 1 heterocycles. The summed E-state index contributed by atoms with van der Waals surface area (Å²) in [5.41, 5.74) is 1.00. The summed E-state index contributed by atoms with van der Waals surface area (Å²) in [5.74, 6) is 0.584. The van der Waals surface area contributed by atoms with Crippen molar-refractivity contribution in [1.82, 2.24) is 4.98 Å². The number of carbonyl (C=O) groups excluding carboxylic acids is 1. The van der Waals surface area contributed by atoms with Crippen LogP contribution in [0.4, 0.5) is 9.52 Å². The highest BCUT2D eigenvalue weighted by Crippen LogP contribution is 2.31. The van der Waals surface area contributed by atoms with Crippen molar-refractivity contribution < 1.29 is 13.9 Å². The van der Waals surface area contributed by atoms with E-state index in [0.717, 1.165) is 16.0 Å². The van der Waals surface area contributed by atoms with E-state index in [1.54, 1.807) is 6.07 Å². The maximum atomic E-state index is 13.3. The summed E-state index contributed by atoms with van der Waals surface area (Å²) in [6.07, 6.45) is 0. The molecule has 0 fully saturated rings. The third-order valence-corrected chi connectivity index (χ3v) is 4.58. The Morgan fingerprint density at radius 3 is 2.62 bits per heavy atom. The lowest BCUT2D eigenvalue weighted by Crippen LogP contribution is -2.11. The van der Waals surface area contributed by atoms with Crippen LogP contribution in [-0.2, 0) is 0 Å². The number of aromatic nitrogens is 1. The summed E-state index contributed by atoms with van der Waals surface area (Å²) in [6.45, 7) is 0. The molecule has 1 N–H and O–H groups in total. The van der Waals surface area contributed by atoms with Crippen molar-refractivity contribution in [3.63, 3.8) is 0 Å². The Morgan fingerprint density at radius 2 is 1.81 bits per heavy atom. The van der Waals surface area contributed by atoms with Gasteiger partial charge in [-0.15, -0.1) is 0 Å². The van der Waals surface area contributed by atoms with Crippen molar-refractivity contribution in [3.05, 3.63) is 84.2 Å². The van der Waals surface area contributed by atoms with E-state index >= 15 is 0 Å². The molecule has 1 amide bonds. The zero-order chi connectivity index (χ0) is 17.9. The van der Waals surface area contributed by atoms with Gasteiger partial charge in [-0.2, -0.15) is 0 Å². The third-order valence-electron chi connectivity index (χ3n) is 3.65. The fraction of sp³-hybridized carbons (Fsp3) is 0. The standard InChI is InChI=1S/C20H13FN2O2S/c21-14-6-4-5-13(11-14)19(24)23-20-22-17-10-9-16(12-18(17)26-20)25-15-7-2-1-3-8-15/h1-12H,(H,22,23,24). The zero-order valence-corrected chi connectivity index (χ0v) is 14.3. The lowest BCUT2D eigenvalue weighted by Gasteiger charge is -2.04. The summed E-state index contributed by atoms with van der Waals surface area (Å²) in [6, 6.07) is 20.6. The van der Waals surface area contributed by atoms with Gasteiger partial charge in [0.25, 0.3) is 5.91 Å².